The van der Waals surface area contributed by atoms with Gasteiger partial charge >= 0.3 is 6.61 Å². The number of nitriles is 1. The van der Waals surface area contributed by atoms with Crippen molar-refractivity contribution in [3.8, 4) is 11.8 Å². The third-order valence-electron chi connectivity index (χ3n) is 1.80. The number of hydrogen-bond acceptors (Lipinski definition) is 3. The Morgan fingerprint density at radius 2 is 2.19 bits per heavy atom. The molecule has 16 heavy (non-hydrogen) atoms. The summed E-state index contributed by atoms with van der Waals surface area (Å²) in [6, 6.07) is 4.43. The number of nitrogens with zero attached hydrogens (tertiary/aromatic N) is 1. The van der Waals surface area contributed by atoms with Gasteiger partial charge in [0.15, 0.2) is 11.5 Å². The van der Waals surface area contributed by atoms with Gasteiger partial charge in [-0.2, -0.15) is 14.0 Å². The van der Waals surface area contributed by atoms with E-state index in [1.807, 2.05) is 0 Å². The van der Waals surface area contributed by atoms with Crippen molar-refractivity contribution < 1.29 is 18.3 Å². The minimum Gasteiger partial charge on any atom is -0.433 e. The Balaban J connectivity index is 3.38. The Labute approximate surface area is 98.8 Å². The molecule has 0 radical (unpaired) electrons. The number of ether oxygens (including phenoxy) is 1. The minimum atomic E-state index is -3.05. The predicted octanol–water partition coefficient (Wildman–Crippen LogP) is 3.12. The van der Waals surface area contributed by atoms with Gasteiger partial charge in [-0.3, -0.25) is 4.79 Å². The molecular weight excluding hydrogens is 284 g/mol. The number of carbonyl (C=O) groups is 1. The van der Waals surface area contributed by atoms with E-state index in [1.54, 1.807) is 6.07 Å². The first-order chi connectivity index (χ1) is 7.47. The van der Waals surface area contributed by atoms with E-state index in [0.29, 0.717) is 0 Å². The molecule has 6 heteroatoms. The number of ketones is 1. The normalized spacial score (nSPS) is 10.0. The summed E-state index contributed by atoms with van der Waals surface area (Å²) in [5.41, 5.74) is 0.131. The summed E-state index contributed by atoms with van der Waals surface area (Å²) in [4.78, 5) is 11.2. The molecule has 0 aliphatic rings. The molecule has 0 saturated carbocycles. The van der Waals surface area contributed by atoms with Gasteiger partial charge in [0.25, 0.3) is 0 Å². The summed E-state index contributed by atoms with van der Waals surface area (Å²) in [5, 5.41) is 8.70. The molecule has 0 fully saturated rings. The van der Waals surface area contributed by atoms with E-state index in [0.717, 1.165) is 0 Å². The fourth-order valence-electron chi connectivity index (χ4n) is 1.12. The van der Waals surface area contributed by atoms with E-state index in [2.05, 4.69) is 20.7 Å². The lowest BCUT2D eigenvalue weighted by molar-refractivity contribution is -0.0506. The summed E-state index contributed by atoms with van der Waals surface area (Å²) in [5.74, 6) is -0.720. The van der Waals surface area contributed by atoms with Crippen molar-refractivity contribution in [3.63, 3.8) is 0 Å². The molecule has 0 amide bonds. The van der Waals surface area contributed by atoms with Crippen LogP contribution in [-0.4, -0.2) is 12.4 Å². The number of alkyl halides is 2. The number of rotatable bonds is 3. The lowest BCUT2D eigenvalue weighted by Gasteiger charge is -2.11. The molecule has 0 unspecified atom stereocenters. The Bertz CT molecular complexity index is 469. The fourth-order valence-corrected chi connectivity index (χ4v) is 1.65. The molecule has 0 aliphatic carbocycles. The van der Waals surface area contributed by atoms with E-state index >= 15 is 0 Å². The highest BCUT2D eigenvalue weighted by Gasteiger charge is 2.18. The van der Waals surface area contributed by atoms with Gasteiger partial charge in [-0.15, -0.1) is 0 Å². The van der Waals surface area contributed by atoms with Gasteiger partial charge in [0.1, 0.15) is 6.07 Å². The van der Waals surface area contributed by atoms with Crippen molar-refractivity contribution in [3.05, 3.63) is 27.7 Å². The van der Waals surface area contributed by atoms with Crippen molar-refractivity contribution >= 4 is 21.7 Å². The molecule has 0 heterocycles. The molecule has 1 aromatic rings. The van der Waals surface area contributed by atoms with Crippen molar-refractivity contribution in [1.82, 2.24) is 0 Å². The topological polar surface area (TPSA) is 50.1 Å². The smallest absolute Gasteiger partial charge is 0.387 e. The van der Waals surface area contributed by atoms with Gasteiger partial charge in [0, 0.05) is 0 Å². The van der Waals surface area contributed by atoms with Crippen LogP contribution >= 0.6 is 15.9 Å². The third kappa shape index (κ3) is 2.55. The van der Waals surface area contributed by atoms with Crippen LogP contribution in [0, 0.1) is 11.3 Å². The van der Waals surface area contributed by atoms with Crippen LogP contribution in [-0.2, 0) is 0 Å². The molecule has 0 aliphatic heterocycles. The number of carbonyl (C=O) groups excluding carboxylic acids is 1. The molecule has 0 bridgehead atoms. The standard InChI is InChI=1S/C10H6BrF2NO2/c1-5(15)7-3-2-6(4-14)8(11)9(7)16-10(12)13/h2-3,10H,1H3. The molecule has 0 spiro atoms. The summed E-state index contributed by atoms with van der Waals surface area (Å²) < 4.78 is 28.6. The minimum absolute atomic E-state index is 0.00572. The molecule has 0 atom stereocenters. The zero-order chi connectivity index (χ0) is 12.3. The van der Waals surface area contributed by atoms with Gasteiger partial charge in [-0.1, -0.05) is 0 Å². The Hall–Kier alpha value is -1.48. The fraction of sp³-hybridized carbons (Fsp3) is 0.200. The molecule has 0 N–H and O–H groups in total. The van der Waals surface area contributed by atoms with Gasteiger partial charge in [0.2, 0.25) is 0 Å². The van der Waals surface area contributed by atoms with Crippen LogP contribution in [0.15, 0.2) is 16.6 Å². The molecule has 0 saturated heterocycles. The Kier molecular flexibility index (Phi) is 3.96. The average Bonchev–Trinajstić information content (AvgIpc) is 2.19. The molecule has 0 aromatic heterocycles. The predicted molar refractivity (Wildman–Crippen MR) is 55.5 cm³/mol. The maximum absolute atomic E-state index is 12.1. The second-order valence-electron chi connectivity index (χ2n) is 2.85. The van der Waals surface area contributed by atoms with Crippen molar-refractivity contribution in [2.45, 2.75) is 13.5 Å². The lowest BCUT2D eigenvalue weighted by Crippen LogP contribution is -2.07. The largest absolute Gasteiger partial charge is 0.433 e. The first-order valence-electron chi connectivity index (χ1n) is 4.15. The quantitative estimate of drug-likeness (QED) is 0.804. The third-order valence-corrected chi connectivity index (χ3v) is 2.59. The van der Waals surface area contributed by atoms with Crippen LogP contribution in [0.2, 0.25) is 0 Å². The van der Waals surface area contributed by atoms with E-state index in [1.165, 1.54) is 19.1 Å². The highest BCUT2D eigenvalue weighted by atomic mass is 79.9. The van der Waals surface area contributed by atoms with Crippen LogP contribution in [0.4, 0.5) is 8.78 Å². The Morgan fingerprint density at radius 3 is 2.62 bits per heavy atom. The number of hydrogen-bond donors (Lipinski definition) is 0. The van der Waals surface area contributed by atoms with E-state index in [-0.39, 0.29) is 21.3 Å². The molecular formula is C10H6BrF2NO2. The van der Waals surface area contributed by atoms with Crippen molar-refractivity contribution in [2.24, 2.45) is 0 Å². The van der Waals surface area contributed by atoms with Crippen LogP contribution in [0.3, 0.4) is 0 Å². The second-order valence-corrected chi connectivity index (χ2v) is 3.64. The first-order valence-corrected chi connectivity index (χ1v) is 4.95. The zero-order valence-electron chi connectivity index (χ0n) is 8.13. The van der Waals surface area contributed by atoms with Crippen LogP contribution in [0.25, 0.3) is 0 Å². The highest BCUT2D eigenvalue weighted by Crippen LogP contribution is 2.33. The number of benzene rings is 1. The molecule has 3 nitrogen and oxygen atoms in total. The second kappa shape index (κ2) is 5.03. The van der Waals surface area contributed by atoms with E-state index in [4.69, 9.17) is 5.26 Å². The summed E-state index contributed by atoms with van der Waals surface area (Å²) in [6.45, 7) is -1.82. The Morgan fingerprint density at radius 1 is 1.56 bits per heavy atom. The van der Waals surface area contributed by atoms with E-state index < -0.39 is 12.4 Å². The summed E-state index contributed by atoms with van der Waals surface area (Å²) >= 11 is 2.96. The number of halogens is 3. The monoisotopic (exact) mass is 289 g/mol. The van der Waals surface area contributed by atoms with Crippen molar-refractivity contribution in [1.29, 1.82) is 5.26 Å². The van der Waals surface area contributed by atoms with Gasteiger partial charge in [0.05, 0.1) is 15.6 Å². The molecule has 84 valence electrons. The maximum Gasteiger partial charge on any atom is 0.387 e. The molecule has 1 aromatic carbocycles. The highest BCUT2D eigenvalue weighted by molar-refractivity contribution is 9.10. The average molecular weight is 290 g/mol. The summed E-state index contributed by atoms with van der Waals surface area (Å²) in [6.07, 6.45) is 0. The van der Waals surface area contributed by atoms with Crippen LogP contribution in [0.1, 0.15) is 22.8 Å². The summed E-state index contributed by atoms with van der Waals surface area (Å²) in [7, 11) is 0. The lowest BCUT2D eigenvalue weighted by atomic mass is 10.1. The van der Waals surface area contributed by atoms with Crippen LogP contribution < -0.4 is 4.74 Å². The zero-order valence-corrected chi connectivity index (χ0v) is 9.72. The van der Waals surface area contributed by atoms with Gasteiger partial charge in [-0.05, 0) is 35.0 Å². The van der Waals surface area contributed by atoms with Gasteiger partial charge < -0.3 is 4.74 Å². The van der Waals surface area contributed by atoms with E-state index in [9.17, 15) is 13.6 Å². The SMILES string of the molecule is CC(=O)c1ccc(C#N)c(Br)c1OC(F)F. The van der Waals surface area contributed by atoms with Crippen LogP contribution in [0.5, 0.6) is 5.75 Å². The maximum atomic E-state index is 12.1. The van der Waals surface area contributed by atoms with Gasteiger partial charge in [-0.25, -0.2) is 0 Å². The van der Waals surface area contributed by atoms with Crippen molar-refractivity contribution in [2.75, 3.05) is 0 Å². The molecule has 1 rings (SSSR count). The number of Topliss-reactive ketones (excluding diaryl/α,β-unsaturated/α-hetero) is 1. The first kappa shape index (κ1) is 12.6.